The van der Waals surface area contributed by atoms with Crippen LogP contribution in [0, 0.1) is 0 Å². The van der Waals surface area contributed by atoms with E-state index in [4.69, 9.17) is 23.2 Å². The van der Waals surface area contributed by atoms with Gasteiger partial charge in [-0.15, -0.1) is 0 Å². The van der Waals surface area contributed by atoms with Crippen LogP contribution in [0.1, 0.15) is 0 Å². The molecule has 0 unspecified atom stereocenters. The highest BCUT2D eigenvalue weighted by atomic mass is 16.3. The first-order chi connectivity index (χ1) is 41.6. The average molecular weight is 1070 g/mol. The molecule has 0 saturated heterocycles. The molecule has 19 rings (SSSR count). The zero-order chi connectivity index (χ0) is 54.7. The molecule has 0 N–H and O–H groups in total. The minimum absolute atomic E-state index is 0.615. The first kappa shape index (κ1) is 45.3. The number of para-hydroxylation sites is 6. The van der Waals surface area contributed by atoms with E-state index in [0.29, 0.717) is 5.82 Å². The van der Waals surface area contributed by atoms with Gasteiger partial charge >= 0.3 is 0 Å². The molecule has 19 aromatic rings. The second-order valence-corrected chi connectivity index (χ2v) is 22.1. The van der Waals surface area contributed by atoms with Crippen LogP contribution in [0.15, 0.2) is 274 Å². The van der Waals surface area contributed by atoms with Gasteiger partial charge in [-0.2, -0.15) is 0 Å². The molecule has 0 atom stereocenters. The minimum atomic E-state index is 0.615. The normalized spacial score (nSPS) is 12.3. The first-order valence-electron chi connectivity index (χ1n) is 28.4. The van der Waals surface area contributed by atoms with E-state index in [9.17, 15) is 0 Å². The summed E-state index contributed by atoms with van der Waals surface area (Å²) in [5.41, 5.74) is 19.2. The Morgan fingerprint density at radius 2 is 0.571 bits per heavy atom. The molecule has 0 spiro atoms. The van der Waals surface area contributed by atoms with Crippen molar-refractivity contribution >= 4 is 131 Å². The van der Waals surface area contributed by atoms with Crippen LogP contribution in [-0.2, 0) is 0 Å². The lowest BCUT2D eigenvalue weighted by Crippen LogP contribution is -1.99. The first-order valence-corrected chi connectivity index (χ1v) is 28.4. The molecule has 7 aromatic heterocycles. The van der Waals surface area contributed by atoms with E-state index in [1.165, 1.54) is 32.3 Å². The van der Waals surface area contributed by atoms with Crippen molar-refractivity contribution in [2.24, 2.45) is 0 Å². The van der Waals surface area contributed by atoms with Crippen LogP contribution in [0.3, 0.4) is 0 Å². The van der Waals surface area contributed by atoms with Crippen molar-refractivity contribution in [2.75, 3.05) is 0 Å². The van der Waals surface area contributed by atoms with E-state index < -0.39 is 0 Å². The predicted octanol–water partition coefficient (Wildman–Crippen LogP) is 20.5. The number of furan rings is 3. The Bertz CT molecular complexity index is 5750. The van der Waals surface area contributed by atoms with E-state index in [1.54, 1.807) is 0 Å². The van der Waals surface area contributed by atoms with Gasteiger partial charge < -0.3 is 27.0 Å². The molecule has 390 valence electrons. The van der Waals surface area contributed by atoms with E-state index >= 15 is 0 Å². The number of hydrogen-bond acceptors (Lipinski definition) is 5. The van der Waals surface area contributed by atoms with Crippen LogP contribution in [0.4, 0.5) is 0 Å². The molecule has 0 aliphatic carbocycles. The largest absolute Gasteiger partial charge is 0.456 e. The number of hydrogen-bond donors (Lipinski definition) is 0. The van der Waals surface area contributed by atoms with Crippen molar-refractivity contribution in [3.8, 4) is 51.0 Å². The van der Waals surface area contributed by atoms with Crippen LogP contribution < -0.4 is 0 Å². The second kappa shape index (κ2) is 17.0. The molecule has 84 heavy (non-hydrogen) atoms. The van der Waals surface area contributed by atoms with Gasteiger partial charge in [-0.1, -0.05) is 133 Å². The molecule has 7 heterocycles. The molecule has 8 heteroatoms. The maximum absolute atomic E-state index is 6.50. The lowest BCUT2D eigenvalue weighted by molar-refractivity contribution is 0.669. The van der Waals surface area contributed by atoms with Crippen molar-refractivity contribution in [1.29, 1.82) is 0 Å². The molecule has 0 bridgehead atoms. The highest BCUT2D eigenvalue weighted by Gasteiger charge is 2.22. The van der Waals surface area contributed by atoms with Crippen molar-refractivity contribution in [1.82, 2.24) is 23.7 Å². The predicted molar refractivity (Wildman–Crippen MR) is 343 cm³/mol. The third-order valence-corrected chi connectivity index (χ3v) is 17.4. The Labute approximate surface area is 477 Å². The van der Waals surface area contributed by atoms with Crippen LogP contribution in [0.25, 0.3) is 182 Å². The highest BCUT2D eigenvalue weighted by Crippen LogP contribution is 2.43. The Hall–Kier alpha value is -11.5. The summed E-state index contributed by atoms with van der Waals surface area (Å²) in [7, 11) is 0. The molecule has 0 fully saturated rings. The Morgan fingerprint density at radius 3 is 0.976 bits per heavy atom. The van der Waals surface area contributed by atoms with Gasteiger partial charge in [0.05, 0.1) is 44.5 Å². The number of fused-ring (bicyclic) bond motifs is 18. The second-order valence-electron chi connectivity index (χ2n) is 22.1. The fourth-order valence-corrected chi connectivity index (χ4v) is 13.6. The van der Waals surface area contributed by atoms with Crippen molar-refractivity contribution in [2.45, 2.75) is 0 Å². The average Bonchev–Trinajstić information content (AvgIpc) is 2.36. The van der Waals surface area contributed by atoms with Gasteiger partial charge in [0.15, 0.2) is 5.82 Å². The van der Waals surface area contributed by atoms with E-state index in [-0.39, 0.29) is 0 Å². The molecule has 0 radical (unpaired) electrons. The quantitative estimate of drug-likeness (QED) is 0.166. The zero-order valence-corrected chi connectivity index (χ0v) is 44.8. The van der Waals surface area contributed by atoms with Gasteiger partial charge in [-0.05, 0) is 109 Å². The maximum atomic E-state index is 6.50. The molecule has 8 nitrogen and oxygen atoms in total. The number of nitrogens with zero attached hydrogens (tertiary/aromatic N) is 5. The Morgan fingerprint density at radius 1 is 0.214 bits per heavy atom. The van der Waals surface area contributed by atoms with E-state index in [0.717, 1.165) is 144 Å². The topological polar surface area (TPSA) is 80.0 Å². The van der Waals surface area contributed by atoms with Gasteiger partial charge in [0.1, 0.15) is 33.5 Å². The fraction of sp³-hybridized carbons (Fsp3) is 0. The summed E-state index contributed by atoms with van der Waals surface area (Å²) in [6.45, 7) is 0. The van der Waals surface area contributed by atoms with Crippen LogP contribution in [0.5, 0.6) is 0 Å². The fourth-order valence-electron chi connectivity index (χ4n) is 13.6. The zero-order valence-electron chi connectivity index (χ0n) is 44.8. The van der Waals surface area contributed by atoms with Gasteiger partial charge in [0.25, 0.3) is 0 Å². The monoisotopic (exact) mass is 1070 g/mol. The summed E-state index contributed by atoms with van der Waals surface area (Å²) in [5.74, 6) is 0.615. The SMILES string of the molecule is c1cc(-c2cc(-c3cccc(-n4c5ccccc5c5cc6c(cc54)oc4ccccc46)c3)nc(-c3ccc(-n4c5ccccc5c5cc6c(cc54)oc4ccccc46)cc3)n2)cc(-n2c3ccccc3c3cc4c(cc32)oc2ccccc24)c1. The maximum Gasteiger partial charge on any atom is 0.160 e. The molecule has 12 aromatic carbocycles. The highest BCUT2D eigenvalue weighted by molar-refractivity contribution is 6.20. The lowest BCUT2D eigenvalue weighted by Gasteiger charge is -2.14. The Balaban J connectivity index is 0.791. The molecule has 0 amide bonds. The molecular weight excluding hydrogens is 1030 g/mol. The van der Waals surface area contributed by atoms with Gasteiger partial charge in [-0.3, -0.25) is 0 Å². The van der Waals surface area contributed by atoms with Crippen LogP contribution in [0.2, 0.25) is 0 Å². The standard InChI is InChI=1S/C76H43N5O3/c1-7-25-64-50(19-1)56-37-59-53-22-4-10-28-70(53)82-73(59)41-67(56)79(64)47-33-31-44(32-34-47)76-77-62(45-15-13-17-48(35-45)80-65-26-8-2-20-51(65)57-38-60-54-23-5-11-29-71(54)83-74(60)42-68(57)80)40-63(78-76)46-16-14-18-49(36-46)81-66-27-9-3-21-52(66)58-39-61-55-24-6-12-30-72(55)84-75(61)43-69(58)81/h1-43H. The molecule has 0 aliphatic rings. The van der Waals surface area contributed by atoms with Gasteiger partial charge in [0, 0.05) is 117 Å². The summed E-state index contributed by atoms with van der Waals surface area (Å²) in [6, 6.07) is 92.5. The van der Waals surface area contributed by atoms with Crippen molar-refractivity contribution in [3.63, 3.8) is 0 Å². The lowest BCUT2D eigenvalue weighted by atomic mass is 10.0. The van der Waals surface area contributed by atoms with Crippen molar-refractivity contribution < 1.29 is 13.3 Å². The van der Waals surface area contributed by atoms with E-state index in [2.05, 4.69) is 238 Å². The van der Waals surface area contributed by atoms with Crippen molar-refractivity contribution in [3.05, 3.63) is 261 Å². The summed E-state index contributed by atoms with van der Waals surface area (Å²) in [5, 5.41) is 13.7. The van der Waals surface area contributed by atoms with E-state index in [1.807, 2.05) is 36.4 Å². The number of aromatic nitrogens is 5. The van der Waals surface area contributed by atoms with Gasteiger partial charge in [-0.25, -0.2) is 9.97 Å². The molecule has 0 aliphatic heterocycles. The smallest absolute Gasteiger partial charge is 0.160 e. The summed E-state index contributed by atoms with van der Waals surface area (Å²) < 4.78 is 26.5. The number of benzene rings is 12. The summed E-state index contributed by atoms with van der Waals surface area (Å²) in [6.07, 6.45) is 0. The van der Waals surface area contributed by atoms with Crippen LogP contribution >= 0.6 is 0 Å². The van der Waals surface area contributed by atoms with Crippen LogP contribution in [-0.4, -0.2) is 23.7 Å². The molecule has 0 saturated carbocycles. The summed E-state index contributed by atoms with van der Waals surface area (Å²) in [4.78, 5) is 11.0. The summed E-state index contributed by atoms with van der Waals surface area (Å²) >= 11 is 0. The number of rotatable bonds is 6. The third kappa shape index (κ3) is 6.53. The van der Waals surface area contributed by atoms with Gasteiger partial charge in [0.2, 0.25) is 0 Å². The Kier molecular flexibility index (Phi) is 9.18. The molecular formula is C76H43N5O3. The third-order valence-electron chi connectivity index (χ3n) is 17.4. The minimum Gasteiger partial charge on any atom is -0.456 e.